The maximum atomic E-state index is 10.9. The number of hydrogen-bond donors (Lipinski definition) is 1. The minimum Gasteiger partial charge on any atom is -0.379 e. The summed E-state index contributed by atoms with van der Waals surface area (Å²) in [5.41, 5.74) is 1.11. The van der Waals surface area contributed by atoms with Crippen LogP contribution >= 0.6 is 22.6 Å². The largest absolute Gasteiger partial charge is 0.379 e. The van der Waals surface area contributed by atoms with E-state index in [9.17, 15) is 10.1 Å². The highest BCUT2D eigenvalue weighted by molar-refractivity contribution is 14.1. The standard InChI is InChI=1S/C12H15IN2O2/c1-12(5-2-6-12)8-14-10-4-3-9(13)7-11(10)15(16)17/h3-4,7,14H,2,5-6,8H2,1H3. The second-order valence-electron chi connectivity index (χ2n) is 4.94. The summed E-state index contributed by atoms with van der Waals surface area (Å²) in [5, 5.41) is 14.2. The average molecular weight is 346 g/mol. The molecular formula is C12H15IN2O2. The Bertz CT molecular complexity index is 444. The molecule has 0 heterocycles. The summed E-state index contributed by atoms with van der Waals surface area (Å²) in [7, 11) is 0. The van der Waals surface area contributed by atoms with E-state index in [0.717, 1.165) is 10.1 Å². The lowest BCUT2D eigenvalue weighted by Crippen LogP contribution is -2.33. The summed E-state index contributed by atoms with van der Waals surface area (Å²) >= 11 is 2.09. The van der Waals surface area contributed by atoms with Gasteiger partial charge in [0.25, 0.3) is 5.69 Å². The van der Waals surface area contributed by atoms with Gasteiger partial charge < -0.3 is 5.32 Å². The van der Waals surface area contributed by atoms with Gasteiger partial charge >= 0.3 is 0 Å². The Morgan fingerprint density at radius 1 is 1.53 bits per heavy atom. The molecule has 1 saturated carbocycles. The van der Waals surface area contributed by atoms with E-state index in [1.54, 1.807) is 12.1 Å². The van der Waals surface area contributed by atoms with Crippen molar-refractivity contribution in [3.63, 3.8) is 0 Å². The van der Waals surface area contributed by atoms with Crippen LogP contribution in [0.25, 0.3) is 0 Å². The lowest BCUT2D eigenvalue weighted by molar-refractivity contribution is -0.384. The van der Waals surface area contributed by atoms with Crippen LogP contribution in [0.4, 0.5) is 11.4 Å². The molecule has 1 aliphatic carbocycles. The molecule has 0 aromatic heterocycles. The van der Waals surface area contributed by atoms with E-state index in [4.69, 9.17) is 0 Å². The highest BCUT2D eigenvalue weighted by Crippen LogP contribution is 2.40. The molecule has 1 fully saturated rings. The number of nitrogens with one attached hydrogen (secondary N) is 1. The molecule has 5 heteroatoms. The molecule has 1 aliphatic rings. The van der Waals surface area contributed by atoms with Crippen molar-refractivity contribution in [3.8, 4) is 0 Å². The fourth-order valence-electron chi connectivity index (χ4n) is 2.07. The molecule has 1 N–H and O–H groups in total. The normalized spacial score (nSPS) is 17.3. The maximum absolute atomic E-state index is 10.9. The van der Waals surface area contributed by atoms with Crippen molar-refractivity contribution in [2.45, 2.75) is 26.2 Å². The number of benzene rings is 1. The van der Waals surface area contributed by atoms with Gasteiger partial charge in [-0.05, 0) is 53.0 Å². The molecule has 0 spiro atoms. The van der Waals surface area contributed by atoms with Gasteiger partial charge in [-0.1, -0.05) is 13.3 Å². The van der Waals surface area contributed by atoms with E-state index in [1.165, 1.54) is 19.3 Å². The van der Waals surface area contributed by atoms with Crippen LogP contribution in [0.5, 0.6) is 0 Å². The lowest BCUT2D eigenvalue weighted by atomic mass is 9.70. The second kappa shape index (κ2) is 4.80. The van der Waals surface area contributed by atoms with Crippen LogP contribution < -0.4 is 5.32 Å². The molecule has 1 aromatic carbocycles. The van der Waals surface area contributed by atoms with Crippen molar-refractivity contribution in [3.05, 3.63) is 31.9 Å². The predicted molar refractivity (Wildman–Crippen MR) is 76.3 cm³/mol. The predicted octanol–water partition coefficient (Wildman–Crippen LogP) is 3.80. The van der Waals surface area contributed by atoms with E-state index < -0.39 is 0 Å². The second-order valence-corrected chi connectivity index (χ2v) is 6.18. The van der Waals surface area contributed by atoms with Crippen molar-refractivity contribution in [2.75, 3.05) is 11.9 Å². The van der Waals surface area contributed by atoms with Gasteiger partial charge in [0.1, 0.15) is 5.69 Å². The summed E-state index contributed by atoms with van der Waals surface area (Å²) < 4.78 is 0.884. The minimum absolute atomic E-state index is 0.167. The number of hydrogen-bond acceptors (Lipinski definition) is 3. The molecular weight excluding hydrogens is 331 g/mol. The molecule has 0 radical (unpaired) electrons. The van der Waals surface area contributed by atoms with Gasteiger partial charge in [-0.15, -0.1) is 0 Å². The van der Waals surface area contributed by atoms with Crippen molar-refractivity contribution in [1.82, 2.24) is 0 Å². The molecule has 0 amide bonds. The van der Waals surface area contributed by atoms with Gasteiger partial charge in [0, 0.05) is 16.2 Å². The molecule has 92 valence electrons. The quantitative estimate of drug-likeness (QED) is 0.513. The Balaban J connectivity index is 2.12. The monoisotopic (exact) mass is 346 g/mol. The summed E-state index contributed by atoms with van der Waals surface area (Å²) in [4.78, 5) is 10.6. The number of nitro benzene ring substituents is 1. The molecule has 0 bridgehead atoms. The first-order chi connectivity index (χ1) is 8.00. The van der Waals surface area contributed by atoms with E-state index in [0.29, 0.717) is 11.1 Å². The molecule has 2 rings (SSSR count). The van der Waals surface area contributed by atoms with Crippen molar-refractivity contribution in [2.24, 2.45) is 5.41 Å². The zero-order valence-electron chi connectivity index (χ0n) is 9.70. The highest BCUT2D eigenvalue weighted by Gasteiger charge is 2.31. The summed E-state index contributed by atoms with van der Waals surface area (Å²) in [6.45, 7) is 3.04. The van der Waals surface area contributed by atoms with Crippen LogP contribution in [0.3, 0.4) is 0 Å². The fraction of sp³-hybridized carbons (Fsp3) is 0.500. The Hall–Kier alpha value is -0.850. The van der Waals surface area contributed by atoms with Crippen LogP contribution in [-0.4, -0.2) is 11.5 Å². The molecule has 1 aromatic rings. The smallest absolute Gasteiger partial charge is 0.293 e. The third-order valence-corrected chi connectivity index (χ3v) is 4.09. The van der Waals surface area contributed by atoms with E-state index >= 15 is 0 Å². The molecule has 0 atom stereocenters. The van der Waals surface area contributed by atoms with Gasteiger partial charge in [0.05, 0.1) is 4.92 Å². The topological polar surface area (TPSA) is 55.2 Å². The number of halogens is 1. The fourth-order valence-corrected chi connectivity index (χ4v) is 2.55. The maximum Gasteiger partial charge on any atom is 0.293 e. The first kappa shape index (κ1) is 12.6. The van der Waals surface area contributed by atoms with E-state index in [1.807, 2.05) is 6.07 Å². The van der Waals surface area contributed by atoms with Crippen LogP contribution in [-0.2, 0) is 0 Å². The summed E-state index contributed by atoms with van der Waals surface area (Å²) in [6, 6.07) is 5.28. The van der Waals surface area contributed by atoms with Gasteiger partial charge in [-0.2, -0.15) is 0 Å². The lowest BCUT2D eigenvalue weighted by Gasteiger charge is -2.38. The van der Waals surface area contributed by atoms with Gasteiger partial charge in [0.15, 0.2) is 0 Å². The molecule has 4 nitrogen and oxygen atoms in total. The first-order valence-electron chi connectivity index (χ1n) is 5.68. The third-order valence-electron chi connectivity index (χ3n) is 3.42. The van der Waals surface area contributed by atoms with Crippen LogP contribution in [0, 0.1) is 19.1 Å². The van der Waals surface area contributed by atoms with Crippen LogP contribution in [0.2, 0.25) is 0 Å². The van der Waals surface area contributed by atoms with E-state index in [-0.39, 0.29) is 10.6 Å². The van der Waals surface area contributed by atoms with Crippen LogP contribution in [0.15, 0.2) is 18.2 Å². The van der Waals surface area contributed by atoms with Gasteiger partial charge in [-0.3, -0.25) is 10.1 Å². The Morgan fingerprint density at radius 2 is 2.24 bits per heavy atom. The molecule has 17 heavy (non-hydrogen) atoms. The molecule has 0 aliphatic heterocycles. The zero-order chi connectivity index (χ0) is 12.5. The van der Waals surface area contributed by atoms with Crippen molar-refractivity contribution >= 4 is 34.0 Å². The van der Waals surface area contributed by atoms with Gasteiger partial charge in [-0.25, -0.2) is 0 Å². The minimum atomic E-state index is -0.326. The number of nitrogens with zero attached hydrogens (tertiary/aromatic N) is 1. The zero-order valence-corrected chi connectivity index (χ0v) is 11.9. The van der Waals surface area contributed by atoms with Crippen LogP contribution in [0.1, 0.15) is 26.2 Å². The molecule has 0 saturated heterocycles. The SMILES string of the molecule is CC1(CNc2ccc(I)cc2[N+](=O)[O-])CCC1. The third kappa shape index (κ3) is 2.88. The Labute approximate surface area is 114 Å². The Kier molecular flexibility index (Phi) is 3.56. The van der Waals surface area contributed by atoms with Crippen molar-refractivity contribution in [1.29, 1.82) is 0 Å². The average Bonchev–Trinajstić information content (AvgIpc) is 2.24. The van der Waals surface area contributed by atoms with Gasteiger partial charge in [0.2, 0.25) is 0 Å². The number of nitro groups is 1. The number of anilines is 1. The highest BCUT2D eigenvalue weighted by atomic mass is 127. The molecule has 0 unspecified atom stereocenters. The summed E-state index contributed by atoms with van der Waals surface area (Å²) in [6.07, 6.45) is 3.68. The van der Waals surface area contributed by atoms with E-state index in [2.05, 4.69) is 34.8 Å². The van der Waals surface area contributed by atoms with Crippen molar-refractivity contribution < 1.29 is 4.92 Å². The summed E-state index contributed by atoms with van der Waals surface area (Å²) in [5.74, 6) is 0. The first-order valence-corrected chi connectivity index (χ1v) is 6.76. The Morgan fingerprint density at radius 3 is 2.76 bits per heavy atom. The number of rotatable bonds is 4.